The topological polar surface area (TPSA) is 97.6 Å². The van der Waals surface area contributed by atoms with Gasteiger partial charge in [0.05, 0.1) is 30.5 Å². The lowest BCUT2D eigenvalue weighted by atomic mass is 10.2. The van der Waals surface area contributed by atoms with Crippen molar-refractivity contribution in [1.29, 1.82) is 0 Å². The van der Waals surface area contributed by atoms with E-state index >= 15 is 0 Å². The van der Waals surface area contributed by atoms with Gasteiger partial charge in [-0.25, -0.2) is 8.42 Å². The number of ether oxygens (including phenoxy) is 1. The van der Waals surface area contributed by atoms with Crippen LogP contribution in [0.4, 0.5) is 5.95 Å². The molecule has 11 heteroatoms. The van der Waals surface area contributed by atoms with Crippen molar-refractivity contribution >= 4 is 33.5 Å². The van der Waals surface area contributed by atoms with Crippen molar-refractivity contribution in [1.82, 2.24) is 19.7 Å². The third-order valence-electron chi connectivity index (χ3n) is 4.94. The van der Waals surface area contributed by atoms with Crippen LogP contribution in [-0.2, 0) is 25.9 Å². The summed E-state index contributed by atoms with van der Waals surface area (Å²) in [5.41, 5.74) is 0. The molecule has 0 saturated carbocycles. The van der Waals surface area contributed by atoms with Gasteiger partial charge in [-0.2, -0.15) is 0 Å². The molecular weight excluding hydrogens is 390 g/mol. The fourth-order valence-corrected chi connectivity index (χ4v) is 6.14. The maximum atomic E-state index is 12.7. The summed E-state index contributed by atoms with van der Waals surface area (Å²) in [6, 6.07) is -0.207. The van der Waals surface area contributed by atoms with Gasteiger partial charge >= 0.3 is 0 Å². The molecular formula is C16H27N5O4S2. The Morgan fingerprint density at radius 3 is 2.63 bits per heavy atom. The Labute approximate surface area is 164 Å². The minimum atomic E-state index is -3.01. The van der Waals surface area contributed by atoms with Gasteiger partial charge in [-0.1, -0.05) is 11.8 Å². The van der Waals surface area contributed by atoms with Gasteiger partial charge in [-0.05, 0) is 20.3 Å². The number of carbonyl (C=O) groups is 1. The number of carbonyl (C=O) groups excluding carboxylic acids is 1. The Kier molecular flexibility index (Phi) is 6.64. The summed E-state index contributed by atoms with van der Waals surface area (Å²) in [5, 5.41) is 9.29. The fraction of sp³-hybridized carbons (Fsp3) is 0.812. The van der Waals surface area contributed by atoms with Crippen LogP contribution in [0.15, 0.2) is 5.16 Å². The van der Waals surface area contributed by atoms with E-state index in [2.05, 4.69) is 15.1 Å². The van der Waals surface area contributed by atoms with E-state index in [0.717, 1.165) is 19.0 Å². The van der Waals surface area contributed by atoms with Gasteiger partial charge in [0.25, 0.3) is 0 Å². The van der Waals surface area contributed by atoms with Crippen molar-refractivity contribution in [2.75, 3.05) is 55.0 Å². The van der Waals surface area contributed by atoms with E-state index in [-0.39, 0.29) is 29.2 Å². The number of thioether (sulfide) groups is 1. The van der Waals surface area contributed by atoms with Crippen LogP contribution in [0.1, 0.15) is 20.3 Å². The molecule has 1 atom stereocenters. The number of rotatable bonds is 7. The average molecular weight is 418 g/mol. The molecule has 0 aromatic carbocycles. The lowest BCUT2D eigenvalue weighted by molar-refractivity contribution is -0.129. The Hall–Kier alpha value is -1.33. The summed E-state index contributed by atoms with van der Waals surface area (Å²) in [5.74, 6) is 1.23. The molecule has 0 aliphatic carbocycles. The molecule has 0 radical (unpaired) electrons. The Morgan fingerprint density at radius 1 is 1.30 bits per heavy atom. The number of sulfone groups is 1. The minimum absolute atomic E-state index is 0.0526. The summed E-state index contributed by atoms with van der Waals surface area (Å²) in [6.45, 7) is 8.05. The van der Waals surface area contributed by atoms with Gasteiger partial charge in [-0.3, -0.25) is 9.36 Å². The summed E-state index contributed by atoms with van der Waals surface area (Å²) in [7, 11) is -3.01. The van der Waals surface area contributed by atoms with E-state index < -0.39 is 9.84 Å². The number of hydrogen-bond donors (Lipinski definition) is 0. The van der Waals surface area contributed by atoms with E-state index in [4.69, 9.17) is 4.74 Å². The van der Waals surface area contributed by atoms with Crippen LogP contribution in [0.25, 0.3) is 0 Å². The van der Waals surface area contributed by atoms with Crippen LogP contribution in [0, 0.1) is 0 Å². The highest BCUT2D eigenvalue weighted by atomic mass is 32.2. The van der Waals surface area contributed by atoms with Crippen LogP contribution in [-0.4, -0.2) is 90.1 Å². The lowest BCUT2D eigenvalue weighted by Crippen LogP contribution is -2.42. The van der Waals surface area contributed by atoms with Crippen molar-refractivity contribution in [3.05, 3.63) is 0 Å². The number of nitrogens with zero attached hydrogens (tertiary/aromatic N) is 5. The Bertz CT molecular complexity index is 761. The summed E-state index contributed by atoms with van der Waals surface area (Å²) in [4.78, 5) is 16.5. The van der Waals surface area contributed by atoms with Gasteiger partial charge < -0.3 is 14.5 Å². The molecule has 2 aliphatic heterocycles. The molecule has 2 saturated heterocycles. The average Bonchev–Trinajstić information content (AvgIpc) is 3.24. The zero-order chi connectivity index (χ0) is 19.4. The van der Waals surface area contributed by atoms with Crippen molar-refractivity contribution in [2.24, 2.45) is 0 Å². The second-order valence-corrected chi connectivity index (χ2v) is 9.82. The van der Waals surface area contributed by atoms with Crippen LogP contribution in [0.2, 0.25) is 0 Å². The predicted molar refractivity (Wildman–Crippen MR) is 104 cm³/mol. The number of morpholine rings is 1. The maximum absolute atomic E-state index is 12.7. The van der Waals surface area contributed by atoms with Crippen LogP contribution >= 0.6 is 11.8 Å². The number of aromatic nitrogens is 3. The molecule has 9 nitrogen and oxygen atoms in total. The number of hydrogen-bond acceptors (Lipinski definition) is 8. The highest BCUT2D eigenvalue weighted by Crippen LogP contribution is 2.24. The highest BCUT2D eigenvalue weighted by Gasteiger charge is 2.34. The monoisotopic (exact) mass is 417 g/mol. The first-order valence-corrected chi connectivity index (χ1v) is 12.1. The molecule has 0 N–H and O–H groups in total. The minimum Gasteiger partial charge on any atom is -0.378 e. The molecule has 1 aromatic heterocycles. The number of amides is 1. The molecule has 1 amide bonds. The molecule has 0 bridgehead atoms. The molecule has 3 rings (SSSR count). The molecule has 0 spiro atoms. The van der Waals surface area contributed by atoms with Gasteiger partial charge in [0.2, 0.25) is 11.9 Å². The summed E-state index contributed by atoms with van der Waals surface area (Å²) >= 11 is 1.36. The van der Waals surface area contributed by atoms with E-state index in [1.54, 1.807) is 4.90 Å². The van der Waals surface area contributed by atoms with Crippen molar-refractivity contribution in [3.63, 3.8) is 0 Å². The van der Waals surface area contributed by atoms with E-state index in [1.807, 2.05) is 18.4 Å². The van der Waals surface area contributed by atoms with E-state index in [0.29, 0.717) is 37.9 Å². The zero-order valence-corrected chi connectivity index (χ0v) is 17.5. The van der Waals surface area contributed by atoms with E-state index in [1.165, 1.54) is 11.8 Å². The standard InChI is InChI=1S/C16H27N5O4S2/c1-3-20(13-5-10-27(23,24)12-13)14(22)11-26-16-18-17-15(21(16)4-2)19-6-8-25-9-7-19/h13H,3-12H2,1-2H3. The molecule has 2 fully saturated rings. The predicted octanol–water partition coefficient (Wildman–Crippen LogP) is 0.262. The zero-order valence-electron chi connectivity index (χ0n) is 15.8. The van der Waals surface area contributed by atoms with Crippen LogP contribution in [0.3, 0.4) is 0 Å². The molecule has 2 aliphatic rings. The van der Waals surface area contributed by atoms with Crippen LogP contribution < -0.4 is 4.90 Å². The largest absolute Gasteiger partial charge is 0.378 e. The van der Waals surface area contributed by atoms with Gasteiger partial charge in [0.1, 0.15) is 0 Å². The molecule has 1 aromatic rings. The third-order valence-corrected chi connectivity index (χ3v) is 7.64. The second-order valence-electron chi connectivity index (χ2n) is 6.65. The number of anilines is 1. The molecule has 27 heavy (non-hydrogen) atoms. The quantitative estimate of drug-likeness (QED) is 0.583. The Balaban J connectivity index is 1.63. The molecule has 1 unspecified atom stereocenters. The third kappa shape index (κ3) is 4.75. The summed E-state index contributed by atoms with van der Waals surface area (Å²) in [6.07, 6.45) is 0.527. The molecule has 152 valence electrons. The van der Waals surface area contributed by atoms with Crippen molar-refractivity contribution in [3.8, 4) is 0 Å². The smallest absolute Gasteiger partial charge is 0.233 e. The van der Waals surface area contributed by atoms with Crippen LogP contribution in [0.5, 0.6) is 0 Å². The van der Waals surface area contributed by atoms with Crippen molar-refractivity contribution < 1.29 is 17.9 Å². The van der Waals surface area contributed by atoms with Crippen molar-refractivity contribution in [2.45, 2.75) is 38.0 Å². The maximum Gasteiger partial charge on any atom is 0.233 e. The first-order valence-electron chi connectivity index (χ1n) is 9.33. The highest BCUT2D eigenvalue weighted by molar-refractivity contribution is 7.99. The lowest BCUT2D eigenvalue weighted by Gasteiger charge is -2.28. The molecule has 3 heterocycles. The van der Waals surface area contributed by atoms with Gasteiger partial charge in [0, 0.05) is 32.2 Å². The van der Waals surface area contributed by atoms with E-state index in [9.17, 15) is 13.2 Å². The van der Waals surface area contributed by atoms with Gasteiger partial charge in [-0.15, -0.1) is 10.2 Å². The normalized spacial score (nSPS) is 22.1. The second kappa shape index (κ2) is 8.78. The first kappa shape index (κ1) is 20.4. The SMILES string of the molecule is CCN(C(=O)CSc1nnc(N2CCOCC2)n1CC)C1CCS(=O)(=O)C1. The van der Waals surface area contributed by atoms with Gasteiger partial charge in [0.15, 0.2) is 15.0 Å². The Morgan fingerprint density at radius 2 is 2.04 bits per heavy atom. The summed E-state index contributed by atoms with van der Waals surface area (Å²) < 4.78 is 30.8. The fourth-order valence-electron chi connectivity index (χ4n) is 3.53. The first-order chi connectivity index (χ1) is 12.9.